The van der Waals surface area contributed by atoms with Crippen molar-refractivity contribution < 1.29 is 32.0 Å². The normalized spacial score (nSPS) is 11.3. The highest BCUT2D eigenvalue weighted by Gasteiger charge is 2.21. The predicted molar refractivity (Wildman–Crippen MR) is 157 cm³/mol. The van der Waals surface area contributed by atoms with Crippen molar-refractivity contribution in [3.63, 3.8) is 0 Å². The molecule has 3 aromatic rings. The van der Waals surface area contributed by atoms with Gasteiger partial charge in [-0.2, -0.15) is 0 Å². The van der Waals surface area contributed by atoms with Crippen molar-refractivity contribution in [1.29, 1.82) is 0 Å². The van der Waals surface area contributed by atoms with Crippen molar-refractivity contribution in [3.05, 3.63) is 60.4 Å². The third kappa shape index (κ3) is 9.77. The summed E-state index contributed by atoms with van der Waals surface area (Å²) >= 11 is 0. The van der Waals surface area contributed by atoms with Gasteiger partial charge in [-0.15, -0.1) is 0 Å². The summed E-state index contributed by atoms with van der Waals surface area (Å²) in [5.74, 6) is 1.64. The highest BCUT2D eigenvalue weighted by Crippen LogP contribution is 2.34. The smallest absolute Gasteiger partial charge is 0.421 e. The minimum atomic E-state index is -4.13. The molecule has 0 fully saturated rings. The first kappa shape index (κ1) is 31.3. The van der Waals surface area contributed by atoms with Crippen LogP contribution in [0.5, 0.6) is 0 Å². The highest BCUT2D eigenvalue weighted by atomic mass is 33.1. The van der Waals surface area contributed by atoms with Crippen molar-refractivity contribution in [2.24, 2.45) is 0 Å². The largest absolute Gasteiger partial charge is 0.449 e. The van der Waals surface area contributed by atoms with Crippen molar-refractivity contribution >= 4 is 43.8 Å². The van der Waals surface area contributed by atoms with Gasteiger partial charge < -0.3 is 24.2 Å². The number of alkyl carbamates (subject to hydrolysis) is 1. The van der Waals surface area contributed by atoms with Crippen LogP contribution in [0.25, 0.3) is 22.4 Å². The molecule has 2 amide bonds. The number of carbonyl (C=O) groups excluding carboxylic acids is 2. The molecular weight excluding hydrogens is 577 g/mol. The first-order valence-corrected chi connectivity index (χ1v) is 16.3. The number of ether oxygens (including phenoxy) is 2. The van der Waals surface area contributed by atoms with Crippen LogP contribution in [-0.4, -0.2) is 82.6 Å². The second-order valence-electron chi connectivity index (χ2n) is 8.60. The number of amides is 2. The summed E-state index contributed by atoms with van der Waals surface area (Å²) in [4.78, 5) is 25.4. The van der Waals surface area contributed by atoms with Crippen LogP contribution in [0, 0.1) is 6.92 Å². The molecule has 0 radical (unpaired) electrons. The van der Waals surface area contributed by atoms with E-state index in [-0.39, 0.29) is 18.1 Å². The third-order valence-corrected chi connectivity index (χ3v) is 8.95. The van der Waals surface area contributed by atoms with Gasteiger partial charge in [-0.05, 0) is 38.7 Å². The molecule has 0 saturated heterocycles. The Balaban J connectivity index is 1.39. The third-order valence-electron chi connectivity index (χ3n) is 5.29. The maximum Gasteiger partial charge on any atom is 0.421 e. The van der Waals surface area contributed by atoms with E-state index in [2.05, 4.69) is 10.5 Å². The first-order valence-electron chi connectivity index (χ1n) is 12.3. The average Bonchev–Trinajstić information content (AvgIpc) is 3.31. The van der Waals surface area contributed by atoms with E-state index in [1.807, 2.05) is 61.0 Å². The maximum atomic E-state index is 12.6. The summed E-state index contributed by atoms with van der Waals surface area (Å²) in [5, 5.41) is 6.80. The Kier molecular flexibility index (Phi) is 12.2. The van der Waals surface area contributed by atoms with Gasteiger partial charge in [-0.3, -0.25) is 0 Å². The fraction of sp³-hybridized carbons (Fsp3) is 0.346. The topological polar surface area (TPSA) is 140 Å². The lowest BCUT2D eigenvalue weighted by Crippen LogP contribution is -2.32. The van der Waals surface area contributed by atoms with Crippen LogP contribution in [-0.2, 0) is 19.5 Å². The van der Waals surface area contributed by atoms with Crippen LogP contribution < -0.4 is 10.0 Å². The maximum absolute atomic E-state index is 12.6. The van der Waals surface area contributed by atoms with E-state index in [4.69, 9.17) is 14.0 Å². The molecule has 3 rings (SSSR count). The number of hydrogen-bond donors (Lipinski definition) is 2. The van der Waals surface area contributed by atoms with Gasteiger partial charge in [0.25, 0.3) is 10.0 Å². The molecule has 0 aliphatic rings. The van der Waals surface area contributed by atoms with Gasteiger partial charge in [-0.1, -0.05) is 69.2 Å². The van der Waals surface area contributed by atoms with Gasteiger partial charge in [0, 0.05) is 30.2 Å². The van der Waals surface area contributed by atoms with Crippen LogP contribution >= 0.6 is 21.6 Å². The second-order valence-corrected chi connectivity index (χ2v) is 13.0. The van der Waals surface area contributed by atoms with Gasteiger partial charge in [0.05, 0.1) is 10.5 Å². The van der Waals surface area contributed by atoms with E-state index in [9.17, 15) is 18.0 Å². The Hall–Kier alpha value is -3.20. The molecular formula is C26H32N4O7S3. The number of benzene rings is 2. The predicted octanol–water partition coefficient (Wildman–Crippen LogP) is 4.40. The number of sulfonamides is 1. The number of rotatable bonds is 14. The zero-order chi connectivity index (χ0) is 29.0. The van der Waals surface area contributed by atoms with Crippen molar-refractivity contribution in [1.82, 2.24) is 20.1 Å². The summed E-state index contributed by atoms with van der Waals surface area (Å²) < 4.78 is 42.6. The molecule has 1 heterocycles. The van der Waals surface area contributed by atoms with Crippen LogP contribution in [0.1, 0.15) is 5.76 Å². The van der Waals surface area contributed by atoms with Crippen molar-refractivity contribution in [3.8, 4) is 22.4 Å². The summed E-state index contributed by atoms with van der Waals surface area (Å²) in [7, 11) is 2.56. The number of aromatic nitrogens is 1. The standard InChI is InChI=1S/C26H32N4O7S3/c1-19-23(20-7-5-4-6-8-20)24(28-37-19)21-9-11-22(12-10-21)40(33,34)29-26(32)36-16-18-39-38-17-15-35-25(31)27-13-14-30(2)3/h4-12H,13-18H2,1-3H3,(H,27,31)(H,29,32). The van der Waals surface area contributed by atoms with E-state index in [1.54, 1.807) is 12.1 Å². The number of aryl methyl sites for hydroxylation is 1. The molecule has 11 nitrogen and oxygen atoms in total. The molecule has 0 spiro atoms. The number of nitrogens with one attached hydrogen (secondary N) is 2. The Bertz CT molecular complexity index is 1350. The highest BCUT2D eigenvalue weighted by molar-refractivity contribution is 8.76. The number of likely N-dealkylation sites (N-methyl/N-ethyl adjacent to an activating group) is 1. The molecule has 0 aliphatic heterocycles. The van der Waals surface area contributed by atoms with Gasteiger partial charge in [0.1, 0.15) is 24.7 Å². The van der Waals surface area contributed by atoms with Crippen LogP contribution in [0.4, 0.5) is 9.59 Å². The fourth-order valence-electron chi connectivity index (χ4n) is 3.39. The van der Waals surface area contributed by atoms with Gasteiger partial charge in [-0.25, -0.2) is 22.7 Å². The number of carbonyl (C=O) groups is 2. The van der Waals surface area contributed by atoms with Crippen molar-refractivity contribution in [2.45, 2.75) is 11.8 Å². The molecule has 14 heteroatoms. The molecule has 40 heavy (non-hydrogen) atoms. The molecule has 2 N–H and O–H groups in total. The Morgan fingerprint density at radius 1 is 0.925 bits per heavy atom. The van der Waals surface area contributed by atoms with E-state index < -0.39 is 22.2 Å². The van der Waals surface area contributed by atoms with Crippen molar-refractivity contribution in [2.75, 3.05) is 51.9 Å². The summed E-state index contributed by atoms with van der Waals surface area (Å²) in [5.41, 5.74) is 3.01. The van der Waals surface area contributed by atoms with E-state index >= 15 is 0 Å². The monoisotopic (exact) mass is 608 g/mol. The van der Waals surface area contributed by atoms with Crippen LogP contribution in [0.3, 0.4) is 0 Å². The van der Waals surface area contributed by atoms with E-state index in [1.165, 1.54) is 33.7 Å². The number of nitrogens with zero attached hydrogens (tertiary/aromatic N) is 2. The molecule has 0 bridgehead atoms. The molecule has 1 aromatic heterocycles. The lowest BCUT2D eigenvalue weighted by Gasteiger charge is -2.10. The lowest BCUT2D eigenvalue weighted by molar-refractivity contribution is 0.152. The molecule has 0 atom stereocenters. The molecule has 0 unspecified atom stereocenters. The molecule has 2 aromatic carbocycles. The van der Waals surface area contributed by atoms with Crippen LogP contribution in [0.2, 0.25) is 0 Å². The van der Waals surface area contributed by atoms with Gasteiger partial charge >= 0.3 is 12.2 Å². The summed E-state index contributed by atoms with van der Waals surface area (Å²) in [6.07, 6.45) is -1.53. The van der Waals surface area contributed by atoms with E-state index in [0.29, 0.717) is 35.1 Å². The summed E-state index contributed by atoms with van der Waals surface area (Å²) in [6, 6.07) is 15.6. The first-order chi connectivity index (χ1) is 19.2. The Morgan fingerprint density at radius 2 is 1.55 bits per heavy atom. The quantitative estimate of drug-likeness (QED) is 0.199. The van der Waals surface area contributed by atoms with Gasteiger partial charge in [0.2, 0.25) is 0 Å². The Morgan fingerprint density at radius 3 is 2.17 bits per heavy atom. The summed E-state index contributed by atoms with van der Waals surface area (Å²) in [6.45, 7) is 3.30. The molecule has 216 valence electrons. The second kappa shape index (κ2) is 15.6. The lowest BCUT2D eigenvalue weighted by atomic mass is 10.00. The van der Waals surface area contributed by atoms with Gasteiger partial charge in [0.15, 0.2) is 0 Å². The fourth-order valence-corrected chi connectivity index (χ4v) is 5.94. The zero-order valence-corrected chi connectivity index (χ0v) is 24.9. The minimum Gasteiger partial charge on any atom is -0.449 e. The zero-order valence-electron chi connectivity index (χ0n) is 22.4. The minimum absolute atomic E-state index is 0.0115. The molecule has 0 saturated carbocycles. The van der Waals surface area contributed by atoms with Crippen LogP contribution in [0.15, 0.2) is 64.0 Å². The van der Waals surface area contributed by atoms with E-state index in [0.717, 1.165) is 17.7 Å². The molecule has 0 aliphatic carbocycles. The average molecular weight is 609 g/mol. The SMILES string of the molecule is Cc1onc(-c2ccc(S(=O)(=O)NC(=O)OCCSSCCOC(=O)NCCN(C)C)cc2)c1-c1ccccc1. The number of hydrogen-bond acceptors (Lipinski definition) is 11. The Labute approximate surface area is 241 Å².